The van der Waals surface area contributed by atoms with Crippen LogP contribution in [0.25, 0.3) is 10.8 Å². The molecule has 0 aliphatic carbocycles. The number of benzene rings is 3. The topological polar surface area (TPSA) is 0 Å². The summed E-state index contributed by atoms with van der Waals surface area (Å²) in [6.45, 7) is 27.9. The van der Waals surface area contributed by atoms with Crippen molar-refractivity contribution in [3.05, 3.63) is 73.9 Å². The van der Waals surface area contributed by atoms with Crippen molar-refractivity contribution in [3.63, 3.8) is 0 Å². The molecule has 1 heteroatoms. The highest BCUT2D eigenvalue weighted by Crippen LogP contribution is 2.35. The molecule has 29 heavy (non-hydrogen) atoms. The van der Waals surface area contributed by atoms with Gasteiger partial charge in [0.25, 0.3) is 0 Å². The van der Waals surface area contributed by atoms with Crippen LogP contribution < -0.4 is 21.2 Å². The smallest absolute Gasteiger partial charge is 0.0444 e. The lowest BCUT2D eigenvalue weighted by atomic mass is 9.86. The summed E-state index contributed by atoms with van der Waals surface area (Å²) < 4.78 is 3.26. The van der Waals surface area contributed by atoms with Crippen LogP contribution in [0.15, 0.2) is 0 Å². The van der Waals surface area contributed by atoms with Crippen molar-refractivity contribution in [3.8, 4) is 0 Å². The molecule has 154 valence electrons. The van der Waals surface area contributed by atoms with Gasteiger partial charge in [-0.25, -0.2) is 0 Å². The Morgan fingerprint density at radius 3 is 0.966 bits per heavy atom. The molecule has 0 fully saturated rings. The van der Waals surface area contributed by atoms with E-state index in [0.717, 1.165) is 0 Å². The van der Waals surface area contributed by atoms with Gasteiger partial charge in [-0.2, -0.15) is 0 Å². The molecule has 0 aromatic heterocycles. The van der Waals surface area contributed by atoms with E-state index in [0.29, 0.717) is 0 Å². The minimum atomic E-state index is -0.237. The first-order chi connectivity index (χ1) is 13.4. The molecule has 0 unspecified atom stereocenters. The Kier molecular flexibility index (Phi) is 5.95. The van der Waals surface area contributed by atoms with Gasteiger partial charge in [-0.05, 0) is 138 Å². The monoisotopic (exact) mass is 499 g/mol. The first kappa shape index (κ1) is 22.3. The number of rotatable bonds is 2. The molecule has 0 nitrogen and oxygen atoms in total. The van der Waals surface area contributed by atoms with Gasteiger partial charge in [0.1, 0.15) is 0 Å². The molecule has 0 heterocycles. The van der Waals surface area contributed by atoms with Gasteiger partial charge in [-0.1, -0.05) is 0 Å². The molecular weight excluding hydrogens is 463 g/mol. The zero-order valence-corrected chi connectivity index (χ0v) is 22.5. The normalized spacial score (nSPS) is 11.6. The van der Waals surface area contributed by atoms with Crippen LogP contribution >= 0.6 is 0 Å². The summed E-state index contributed by atoms with van der Waals surface area (Å²) in [4.78, 5) is 0. The van der Waals surface area contributed by atoms with Gasteiger partial charge < -0.3 is 0 Å². The van der Waals surface area contributed by atoms with Gasteiger partial charge >= 0.3 is 21.2 Å². The average Bonchev–Trinajstić information content (AvgIpc) is 2.69. The van der Waals surface area contributed by atoms with Gasteiger partial charge in [-0.3, -0.25) is 0 Å². The predicted molar refractivity (Wildman–Crippen MR) is 125 cm³/mol. The first-order valence-electron chi connectivity index (χ1n) is 10.6. The van der Waals surface area contributed by atoms with Crippen LogP contribution in [0.5, 0.6) is 0 Å². The molecule has 0 aliphatic heterocycles. The van der Waals surface area contributed by atoms with Crippen LogP contribution in [0.3, 0.4) is 0 Å². The number of aryl methyl sites for hydroxylation is 4. The number of hydrogen-bond acceptors (Lipinski definition) is 0. The van der Waals surface area contributed by atoms with Gasteiger partial charge in [0, 0.05) is 22.3 Å². The van der Waals surface area contributed by atoms with E-state index >= 15 is 0 Å². The molecule has 0 bridgehead atoms. The van der Waals surface area contributed by atoms with E-state index in [1.807, 2.05) is 0 Å². The highest BCUT2D eigenvalue weighted by Gasteiger charge is 2.31. The Labute approximate surface area is 188 Å². The fraction of sp³-hybridized carbons (Fsp3) is 0.429. The van der Waals surface area contributed by atoms with Crippen LogP contribution in [0.2, 0.25) is 0 Å². The lowest BCUT2D eigenvalue weighted by Crippen LogP contribution is -3.62. The Hall–Kier alpha value is -1.35. The lowest BCUT2D eigenvalue weighted by Gasteiger charge is -2.20. The van der Waals surface area contributed by atoms with Crippen LogP contribution in [0.1, 0.15) is 66.8 Å². The summed E-state index contributed by atoms with van der Waals surface area (Å²) in [5.74, 6) is 0. The van der Waals surface area contributed by atoms with Crippen molar-refractivity contribution < 1.29 is 21.2 Å². The fourth-order valence-corrected chi connectivity index (χ4v) is 8.47. The molecule has 3 aromatic rings. The zero-order chi connectivity index (χ0) is 21.9. The third-order valence-electron chi connectivity index (χ3n) is 7.76. The Balaban J connectivity index is 2.40. The summed E-state index contributed by atoms with van der Waals surface area (Å²) >= 11 is -0.237. The first-order valence-corrected chi connectivity index (χ1v) is 12.8. The van der Waals surface area contributed by atoms with Crippen LogP contribution in [-0.2, 0) is 0 Å². The van der Waals surface area contributed by atoms with E-state index in [4.69, 9.17) is 0 Å². The molecule has 0 N–H and O–H groups in total. The highest BCUT2D eigenvalue weighted by atomic mass is 127. The van der Waals surface area contributed by atoms with Gasteiger partial charge in [-0.15, -0.1) is 0 Å². The SMILES string of the molecule is Cc1c(C)c(C)c([I+]c2c(C)c(C)c3c(C)c(C)c(C)c(C)c3c2C)c(C)c1C. The van der Waals surface area contributed by atoms with E-state index in [1.54, 1.807) is 7.14 Å². The Bertz CT molecular complexity index is 1150. The van der Waals surface area contributed by atoms with Crippen molar-refractivity contribution >= 4 is 10.8 Å². The molecule has 0 aliphatic rings. The van der Waals surface area contributed by atoms with E-state index < -0.39 is 0 Å². The molecule has 0 amide bonds. The van der Waals surface area contributed by atoms with Crippen molar-refractivity contribution in [1.29, 1.82) is 0 Å². The van der Waals surface area contributed by atoms with E-state index in [9.17, 15) is 0 Å². The maximum absolute atomic E-state index is 2.38. The molecule has 0 spiro atoms. The molecule has 0 saturated heterocycles. The second-order valence-electron chi connectivity index (χ2n) is 8.97. The maximum Gasteiger partial charge on any atom is 0.359 e. The quantitative estimate of drug-likeness (QED) is 0.450. The third kappa shape index (κ3) is 3.24. The zero-order valence-electron chi connectivity index (χ0n) is 20.4. The maximum atomic E-state index is 2.38. The van der Waals surface area contributed by atoms with Crippen molar-refractivity contribution in [2.45, 2.75) is 83.1 Å². The lowest BCUT2D eigenvalue weighted by molar-refractivity contribution is -0.600. The second-order valence-corrected chi connectivity index (χ2v) is 11.7. The summed E-state index contributed by atoms with van der Waals surface area (Å²) in [7, 11) is 0. The highest BCUT2D eigenvalue weighted by molar-refractivity contribution is 5.96. The minimum absolute atomic E-state index is 0.237. The van der Waals surface area contributed by atoms with Crippen LogP contribution in [-0.4, -0.2) is 0 Å². The van der Waals surface area contributed by atoms with Crippen molar-refractivity contribution in [1.82, 2.24) is 0 Å². The minimum Gasteiger partial charge on any atom is -0.0444 e. The van der Waals surface area contributed by atoms with Crippen LogP contribution in [0.4, 0.5) is 0 Å². The van der Waals surface area contributed by atoms with Crippen LogP contribution in [0, 0.1) is 90.2 Å². The third-order valence-corrected chi connectivity index (χ3v) is 12.1. The molecule has 0 saturated carbocycles. The summed E-state index contributed by atoms with van der Waals surface area (Å²) in [6, 6.07) is 0. The summed E-state index contributed by atoms with van der Waals surface area (Å²) in [5.41, 5.74) is 17.8. The Morgan fingerprint density at radius 1 is 0.276 bits per heavy atom. The molecule has 0 radical (unpaired) electrons. The van der Waals surface area contributed by atoms with Crippen molar-refractivity contribution in [2.24, 2.45) is 0 Å². The molecular formula is C28H36I+. The summed E-state index contributed by atoms with van der Waals surface area (Å²) in [6.07, 6.45) is 0. The summed E-state index contributed by atoms with van der Waals surface area (Å²) in [5, 5.41) is 3.01. The average molecular weight is 500 g/mol. The Morgan fingerprint density at radius 2 is 0.517 bits per heavy atom. The number of fused-ring (bicyclic) bond motifs is 1. The predicted octanol–water partition coefficient (Wildman–Crippen LogP) is 4.67. The second kappa shape index (κ2) is 7.72. The van der Waals surface area contributed by atoms with Crippen molar-refractivity contribution in [2.75, 3.05) is 0 Å². The fourth-order valence-electron chi connectivity index (χ4n) is 4.83. The molecule has 3 rings (SSSR count). The van der Waals surface area contributed by atoms with Gasteiger partial charge in [0.2, 0.25) is 7.14 Å². The number of halogens is 1. The van der Waals surface area contributed by atoms with Gasteiger partial charge in [0.05, 0.1) is 0 Å². The molecule has 0 atom stereocenters. The van der Waals surface area contributed by atoms with E-state index in [1.165, 1.54) is 77.5 Å². The van der Waals surface area contributed by atoms with Gasteiger partial charge in [0.15, 0.2) is 0 Å². The van der Waals surface area contributed by atoms with E-state index in [-0.39, 0.29) is 21.2 Å². The van der Waals surface area contributed by atoms with E-state index in [2.05, 4.69) is 83.1 Å². The molecule has 3 aromatic carbocycles. The largest absolute Gasteiger partial charge is 0.359 e. The standard InChI is InChI=1S/C28H36I/c1-13-16(4)21(9)27(22(10)17(13)5)29-28-23(11)20(8)25-18(6)14(2)15(3)19(7)26(25)24(28)12/h1-12H3/q+1. The number of hydrogen-bond donors (Lipinski definition) is 0.